The van der Waals surface area contributed by atoms with E-state index in [4.69, 9.17) is 9.47 Å². The van der Waals surface area contributed by atoms with Crippen LogP contribution < -0.4 is 5.32 Å². The first-order valence-electron chi connectivity index (χ1n) is 14.6. The Morgan fingerprint density at radius 3 is 2.49 bits per heavy atom. The molecule has 3 aliphatic rings. The number of carboxylic acids is 1. The van der Waals surface area contributed by atoms with Gasteiger partial charge < -0.3 is 24.8 Å². The quantitative estimate of drug-likeness (QED) is 0.473. The van der Waals surface area contributed by atoms with Crippen LogP contribution in [0.5, 0.6) is 0 Å². The number of alkyl carbamates (subject to hydrolysis) is 1. The normalized spacial score (nSPS) is 27.4. The lowest BCUT2D eigenvalue weighted by Gasteiger charge is -2.41. The minimum absolute atomic E-state index is 0.0841. The van der Waals surface area contributed by atoms with Crippen LogP contribution >= 0.6 is 0 Å². The molecule has 3 aliphatic heterocycles. The van der Waals surface area contributed by atoms with Crippen LogP contribution in [0.3, 0.4) is 0 Å². The number of aliphatic carboxylic acids is 1. The molecular formula is C31H47N3O7. The van der Waals surface area contributed by atoms with E-state index >= 15 is 0 Å². The van der Waals surface area contributed by atoms with Gasteiger partial charge >= 0.3 is 18.2 Å². The Bertz CT molecular complexity index is 1100. The first-order valence-corrected chi connectivity index (χ1v) is 14.6. The Morgan fingerprint density at radius 1 is 1.15 bits per heavy atom. The number of allylic oxidation sites excluding steroid dienone is 3. The Hall–Kier alpha value is -3.30. The predicted octanol–water partition coefficient (Wildman–Crippen LogP) is 5.05. The largest absolute Gasteiger partial charge is 0.480 e. The van der Waals surface area contributed by atoms with E-state index < -0.39 is 47.7 Å². The Balaban J connectivity index is 1.94. The van der Waals surface area contributed by atoms with Crippen molar-refractivity contribution in [1.29, 1.82) is 0 Å². The van der Waals surface area contributed by atoms with Gasteiger partial charge in [0.1, 0.15) is 18.2 Å². The summed E-state index contributed by atoms with van der Waals surface area (Å²) in [6, 6.07) is -2.14. The number of carbonyl (C=O) groups excluding carboxylic acids is 3. The van der Waals surface area contributed by atoms with Crippen LogP contribution in [-0.4, -0.2) is 83.4 Å². The van der Waals surface area contributed by atoms with Crippen molar-refractivity contribution in [3.05, 3.63) is 35.5 Å². The molecule has 3 unspecified atom stereocenters. The van der Waals surface area contributed by atoms with E-state index in [1.807, 2.05) is 26.8 Å². The zero-order valence-electron chi connectivity index (χ0n) is 25.5. The summed E-state index contributed by atoms with van der Waals surface area (Å²) in [4.78, 5) is 54.9. The molecule has 10 nitrogen and oxygen atoms in total. The van der Waals surface area contributed by atoms with Crippen LogP contribution in [0.25, 0.3) is 0 Å². The van der Waals surface area contributed by atoms with Crippen LogP contribution in [-0.2, 0) is 19.1 Å². The molecule has 3 amide bonds. The zero-order valence-corrected chi connectivity index (χ0v) is 25.5. The summed E-state index contributed by atoms with van der Waals surface area (Å²) in [6.07, 6.45) is 6.07. The van der Waals surface area contributed by atoms with E-state index in [1.165, 1.54) is 4.90 Å². The maximum atomic E-state index is 13.8. The van der Waals surface area contributed by atoms with Gasteiger partial charge in [-0.15, -0.1) is 0 Å². The number of hydrogen-bond donors (Lipinski definition) is 2. The molecule has 0 saturated carbocycles. The average Bonchev–Trinajstić information content (AvgIpc) is 3.27. The molecule has 2 N–H and O–H groups in total. The van der Waals surface area contributed by atoms with Gasteiger partial charge in [0.05, 0.1) is 13.2 Å². The molecular weight excluding hydrogens is 526 g/mol. The van der Waals surface area contributed by atoms with Crippen LogP contribution in [0, 0.1) is 10.8 Å². The summed E-state index contributed by atoms with van der Waals surface area (Å²) in [7, 11) is 0. The summed E-state index contributed by atoms with van der Waals surface area (Å²) >= 11 is 0. The van der Waals surface area contributed by atoms with Crippen LogP contribution in [0.4, 0.5) is 9.59 Å². The van der Waals surface area contributed by atoms with Crippen molar-refractivity contribution in [3.63, 3.8) is 0 Å². The Morgan fingerprint density at radius 2 is 1.85 bits per heavy atom. The molecule has 2 saturated heterocycles. The molecule has 3 heterocycles. The van der Waals surface area contributed by atoms with E-state index in [1.54, 1.807) is 25.7 Å². The number of nitrogens with one attached hydrogen (secondary N) is 1. The van der Waals surface area contributed by atoms with Gasteiger partial charge in [0, 0.05) is 13.1 Å². The van der Waals surface area contributed by atoms with Gasteiger partial charge in [-0.05, 0) is 66.6 Å². The zero-order chi connectivity index (χ0) is 30.5. The molecule has 0 aromatic heterocycles. The van der Waals surface area contributed by atoms with Gasteiger partial charge in [-0.1, -0.05) is 59.8 Å². The summed E-state index contributed by atoms with van der Waals surface area (Å²) in [5, 5.41) is 12.6. The number of carboxylic acid groups (broad SMARTS) is 1. The van der Waals surface area contributed by atoms with E-state index in [2.05, 4.69) is 18.0 Å². The minimum Gasteiger partial charge on any atom is -0.480 e. The van der Waals surface area contributed by atoms with Gasteiger partial charge in [-0.25, -0.2) is 14.4 Å². The van der Waals surface area contributed by atoms with Gasteiger partial charge in [0.2, 0.25) is 5.91 Å². The molecule has 0 radical (unpaired) electrons. The second-order valence-electron chi connectivity index (χ2n) is 13.3. The van der Waals surface area contributed by atoms with Crippen molar-refractivity contribution in [2.24, 2.45) is 10.8 Å². The summed E-state index contributed by atoms with van der Waals surface area (Å²) < 4.78 is 11.4. The maximum Gasteiger partial charge on any atom is 0.410 e. The standard InChI is InChI=1S/C31H47N3O7/c1-8-11-21-12-9-10-15-31(6,7)19-40-28(38)32-25(30(3,4)5)26(35)34-17-22(13-14-24(34)27(36)37)41-29(39)33-16-20(2)23(21)18-33/h8,11,22,24-25H,2,9-10,12-19H2,1,3-7H3,(H,32,38)(H,36,37). The molecule has 10 heteroatoms. The van der Waals surface area contributed by atoms with Crippen molar-refractivity contribution in [2.45, 2.75) is 98.3 Å². The highest BCUT2D eigenvalue weighted by Crippen LogP contribution is 2.31. The highest BCUT2D eigenvalue weighted by Gasteiger charge is 2.44. The van der Waals surface area contributed by atoms with Gasteiger partial charge in [-0.3, -0.25) is 9.69 Å². The monoisotopic (exact) mass is 573 g/mol. The first kappa shape index (κ1) is 32.2. The fraction of sp³-hybridized carbons (Fsp3) is 0.677. The number of carbonyl (C=O) groups is 4. The van der Waals surface area contributed by atoms with Gasteiger partial charge in [0.15, 0.2) is 0 Å². The molecule has 3 atom stereocenters. The van der Waals surface area contributed by atoms with Crippen molar-refractivity contribution >= 4 is 24.1 Å². The van der Waals surface area contributed by atoms with Crippen molar-refractivity contribution in [1.82, 2.24) is 15.1 Å². The van der Waals surface area contributed by atoms with Crippen molar-refractivity contribution in [2.75, 3.05) is 26.2 Å². The summed E-state index contributed by atoms with van der Waals surface area (Å²) in [5.74, 6) is -1.69. The number of fused-ring (bicyclic) bond motifs is 4. The molecule has 0 aromatic carbocycles. The lowest BCUT2D eigenvalue weighted by Crippen LogP contribution is -2.61. The third-order valence-electron chi connectivity index (χ3n) is 8.06. The molecule has 0 spiro atoms. The number of piperidine rings is 1. The summed E-state index contributed by atoms with van der Waals surface area (Å²) in [6.45, 7) is 16.5. The number of hydrogen-bond acceptors (Lipinski definition) is 6. The highest BCUT2D eigenvalue weighted by molar-refractivity contribution is 5.90. The van der Waals surface area contributed by atoms with E-state index in [0.29, 0.717) is 19.5 Å². The molecule has 228 valence electrons. The molecule has 4 bridgehead atoms. The molecule has 2 fully saturated rings. The number of nitrogens with zero attached hydrogens (tertiary/aromatic N) is 2. The fourth-order valence-electron chi connectivity index (χ4n) is 5.66. The van der Waals surface area contributed by atoms with E-state index in [9.17, 15) is 24.3 Å². The third-order valence-corrected chi connectivity index (χ3v) is 8.06. The van der Waals surface area contributed by atoms with Crippen molar-refractivity contribution < 1.29 is 33.8 Å². The lowest BCUT2D eigenvalue weighted by atomic mass is 9.84. The SMILES string of the molecule is C=C1CN2CC1=C(C=CC)CCCCC(C)(C)COC(=O)NC(C(C)(C)C)C(=O)N1CC(CCC1C(=O)O)OC2=O. The smallest absolute Gasteiger partial charge is 0.410 e. The number of cyclic esters (lactones) is 1. The third kappa shape index (κ3) is 8.36. The fourth-order valence-corrected chi connectivity index (χ4v) is 5.66. The van der Waals surface area contributed by atoms with Crippen LogP contribution in [0.2, 0.25) is 0 Å². The minimum atomic E-state index is -1.14. The lowest BCUT2D eigenvalue weighted by molar-refractivity contribution is -0.157. The number of rotatable bonds is 2. The Kier molecular flexibility index (Phi) is 10.3. The maximum absolute atomic E-state index is 13.8. The second kappa shape index (κ2) is 13.1. The predicted molar refractivity (Wildman–Crippen MR) is 155 cm³/mol. The van der Waals surface area contributed by atoms with Gasteiger partial charge in [0.25, 0.3) is 0 Å². The second-order valence-corrected chi connectivity index (χ2v) is 13.3. The Labute approximate surface area is 243 Å². The first-order chi connectivity index (χ1) is 19.1. The molecule has 0 aromatic rings. The van der Waals surface area contributed by atoms with Gasteiger partial charge in [-0.2, -0.15) is 0 Å². The molecule has 0 aliphatic carbocycles. The average molecular weight is 574 g/mol. The van der Waals surface area contributed by atoms with Crippen molar-refractivity contribution in [3.8, 4) is 0 Å². The number of ether oxygens (including phenoxy) is 2. The highest BCUT2D eigenvalue weighted by atomic mass is 16.6. The molecule has 3 rings (SSSR count). The van der Waals surface area contributed by atoms with E-state index in [-0.39, 0.29) is 25.0 Å². The van der Waals surface area contributed by atoms with Crippen LogP contribution in [0.1, 0.15) is 80.1 Å². The van der Waals surface area contributed by atoms with Crippen LogP contribution in [0.15, 0.2) is 35.5 Å². The molecule has 41 heavy (non-hydrogen) atoms. The number of amides is 3. The summed E-state index contributed by atoms with van der Waals surface area (Å²) in [5.41, 5.74) is 2.03. The topological polar surface area (TPSA) is 125 Å². The van der Waals surface area contributed by atoms with E-state index in [0.717, 1.165) is 42.4 Å².